The molecule has 0 spiro atoms. The molecular formula is C8H9FN6. The Morgan fingerprint density at radius 1 is 1.47 bits per heavy atom. The van der Waals surface area contributed by atoms with Crippen LogP contribution in [0, 0.1) is 5.95 Å². The minimum atomic E-state index is -0.501. The zero-order valence-corrected chi connectivity index (χ0v) is 7.84. The molecule has 2 aromatic heterocycles. The number of tetrazole rings is 1. The van der Waals surface area contributed by atoms with E-state index in [1.807, 2.05) is 0 Å². The monoisotopic (exact) mass is 208 g/mol. The first-order chi connectivity index (χ1) is 7.34. The summed E-state index contributed by atoms with van der Waals surface area (Å²) in [5.74, 6) is -0.501. The van der Waals surface area contributed by atoms with E-state index in [2.05, 4.69) is 25.7 Å². The third-order valence-corrected chi connectivity index (χ3v) is 1.76. The molecule has 0 saturated heterocycles. The molecule has 0 amide bonds. The van der Waals surface area contributed by atoms with Crippen molar-refractivity contribution in [3.05, 3.63) is 30.6 Å². The predicted octanol–water partition coefficient (Wildman–Crippen LogP) is 0.319. The van der Waals surface area contributed by atoms with Crippen molar-refractivity contribution in [3.63, 3.8) is 0 Å². The van der Waals surface area contributed by atoms with E-state index in [0.717, 1.165) is 0 Å². The van der Waals surface area contributed by atoms with E-state index in [4.69, 9.17) is 0 Å². The summed E-state index contributed by atoms with van der Waals surface area (Å²) in [7, 11) is 0. The van der Waals surface area contributed by atoms with Gasteiger partial charge in [-0.2, -0.15) is 9.19 Å². The van der Waals surface area contributed by atoms with E-state index in [1.54, 1.807) is 6.07 Å². The molecule has 2 rings (SSSR count). The second-order valence-corrected chi connectivity index (χ2v) is 2.83. The highest BCUT2D eigenvalue weighted by atomic mass is 19.1. The summed E-state index contributed by atoms with van der Waals surface area (Å²) in [6, 6.07) is 3.02. The molecule has 0 aromatic carbocycles. The first-order valence-electron chi connectivity index (χ1n) is 4.41. The molecule has 0 aliphatic carbocycles. The second-order valence-electron chi connectivity index (χ2n) is 2.83. The van der Waals surface area contributed by atoms with Gasteiger partial charge in [-0.05, 0) is 11.3 Å². The summed E-state index contributed by atoms with van der Waals surface area (Å²) in [5.41, 5.74) is 0.683. The van der Waals surface area contributed by atoms with E-state index in [0.29, 0.717) is 18.8 Å². The lowest BCUT2D eigenvalue weighted by molar-refractivity contribution is 0.538. The van der Waals surface area contributed by atoms with Crippen molar-refractivity contribution in [2.45, 2.75) is 6.54 Å². The van der Waals surface area contributed by atoms with E-state index in [1.165, 1.54) is 23.4 Å². The number of hydrogen-bond acceptors (Lipinski definition) is 5. The van der Waals surface area contributed by atoms with Crippen molar-refractivity contribution in [2.24, 2.45) is 0 Å². The molecule has 15 heavy (non-hydrogen) atoms. The lowest BCUT2D eigenvalue weighted by Gasteiger charge is -2.04. The lowest BCUT2D eigenvalue weighted by Crippen LogP contribution is -2.13. The number of nitrogens with one attached hydrogen (secondary N) is 1. The second kappa shape index (κ2) is 4.45. The van der Waals surface area contributed by atoms with Gasteiger partial charge in [0.15, 0.2) is 6.33 Å². The summed E-state index contributed by atoms with van der Waals surface area (Å²) in [4.78, 5) is 4.90. The summed E-state index contributed by atoms with van der Waals surface area (Å²) >= 11 is 0. The quantitative estimate of drug-likeness (QED) is 0.733. The third-order valence-electron chi connectivity index (χ3n) is 1.76. The van der Waals surface area contributed by atoms with Crippen molar-refractivity contribution < 1.29 is 4.39 Å². The molecule has 0 aliphatic rings. The Morgan fingerprint density at radius 2 is 2.40 bits per heavy atom. The normalized spacial score (nSPS) is 10.2. The molecule has 2 heterocycles. The van der Waals surface area contributed by atoms with Crippen LogP contribution in [0.4, 0.5) is 10.1 Å². The van der Waals surface area contributed by atoms with Gasteiger partial charge < -0.3 is 5.32 Å². The van der Waals surface area contributed by atoms with Crippen LogP contribution in [-0.4, -0.2) is 31.7 Å². The fourth-order valence-corrected chi connectivity index (χ4v) is 1.10. The fraction of sp³-hybridized carbons (Fsp3) is 0.250. The van der Waals surface area contributed by atoms with E-state index in [9.17, 15) is 4.39 Å². The van der Waals surface area contributed by atoms with Gasteiger partial charge in [-0.15, -0.1) is 10.2 Å². The van der Waals surface area contributed by atoms with Crippen molar-refractivity contribution >= 4 is 5.69 Å². The van der Waals surface area contributed by atoms with E-state index in [-0.39, 0.29) is 0 Å². The Bertz CT molecular complexity index is 415. The number of nitrogens with zero attached hydrogens (tertiary/aromatic N) is 5. The van der Waals surface area contributed by atoms with E-state index >= 15 is 0 Å². The van der Waals surface area contributed by atoms with Crippen molar-refractivity contribution in [2.75, 3.05) is 11.9 Å². The highest BCUT2D eigenvalue weighted by Crippen LogP contribution is 2.05. The van der Waals surface area contributed by atoms with Crippen LogP contribution >= 0.6 is 0 Å². The van der Waals surface area contributed by atoms with Gasteiger partial charge in [-0.3, -0.25) is 0 Å². The molecule has 0 radical (unpaired) electrons. The fourth-order valence-electron chi connectivity index (χ4n) is 1.10. The first kappa shape index (κ1) is 9.50. The average Bonchev–Trinajstić information content (AvgIpc) is 2.71. The Hall–Kier alpha value is -2.05. The lowest BCUT2D eigenvalue weighted by atomic mass is 10.4. The molecule has 0 atom stereocenters. The van der Waals surface area contributed by atoms with Gasteiger partial charge in [-0.1, -0.05) is 0 Å². The Kier molecular flexibility index (Phi) is 2.82. The highest BCUT2D eigenvalue weighted by Gasteiger charge is 1.96. The van der Waals surface area contributed by atoms with Crippen molar-refractivity contribution in [3.8, 4) is 0 Å². The molecular weight excluding hydrogens is 199 g/mol. The maximum Gasteiger partial charge on any atom is 0.214 e. The van der Waals surface area contributed by atoms with Crippen molar-refractivity contribution in [1.29, 1.82) is 0 Å². The molecule has 0 aliphatic heterocycles. The molecule has 2 aromatic rings. The number of aromatic nitrogens is 5. The Morgan fingerprint density at radius 3 is 3.13 bits per heavy atom. The Labute approximate surface area is 85.1 Å². The van der Waals surface area contributed by atoms with Crippen LogP contribution in [0.3, 0.4) is 0 Å². The van der Waals surface area contributed by atoms with Crippen molar-refractivity contribution in [1.82, 2.24) is 25.2 Å². The minimum absolute atomic E-state index is 0.501. The van der Waals surface area contributed by atoms with E-state index < -0.39 is 5.95 Å². The summed E-state index contributed by atoms with van der Waals surface area (Å²) in [5, 5.41) is 14.1. The molecule has 6 nitrogen and oxygen atoms in total. The van der Waals surface area contributed by atoms with Crippen LogP contribution in [0.1, 0.15) is 0 Å². The van der Waals surface area contributed by atoms with Crippen LogP contribution in [0.5, 0.6) is 0 Å². The van der Waals surface area contributed by atoms with Gasteiger partial charge in [0.25, 0.3) is 0 Å². The largest absolute Gasteiger partial charge is 0.383 e. The van der Waals surface area contributed by atoms with Crippen LogP contribution in [0.15, 0.2) is 24.7 Å². The highest BCUT2D eigenvalue weighted by molar-refractivity contribution is 5.40. The van der Waals surface area contributed by atoms with Crippen LogP contribution in [0.25, 0.3) is 0 Å². The van der Waals surface area contributed by atoms with Gasteiger partial charge in [0, 0.05) is 24.5 Å². The summed E-state index contributed by atoms with van der Waals surface area (Å²) in [6.07, 6.45) is 2.78. The maximum absolute atomic E-state index is 12.7. The predicted molar refractivity (Wildman–Crippen MR) is 50.5 cm³/mol. The summed E-state index contributed by atoms with van der Waals surface area (Å²) in [6.45, 7) is 1.17. The van der Waals surface area contributed by atoms with Gasteiger partial charge >= 0.3 is 0 Å². The topological polar surface area (TPSA) is 68.5 Å². The zero-order valence-electron chi connectivity index (χ0n) is 7.84. The number of pyridine rings is 1. The first-order valence-corrected chi connectivity index (χ1v) is 4.41. The minimum Gasteiger partial charge on any atom is -0.383 e. The number of hydrogen-bond donors (Lipinski definition) is 1. The summed E-state index contributed by atoms with van der Waals surface area (Å²) < 4.78 is 12.7. The van der Waals surface area contributed by atoms with Crippen LogP contribution < -0.4 is 5.32 Å². The van der Waals surface area contributed by atoms with Gasteiger partial charge in [0.2, 0.25) is 5.95 Å². The maximum atomic E-state index is 12.7. The smallest absolute Gasteiger partial charge is 0.214 e. The third kappa shape index (κ3) is 2.70. The van der Waals surface area contributed by atoms with Gasteiger partial charge in [0.05, 0.1) is 6.54 Å². The molecule has 0 saturated carbocycles. The molecule has 0 fully saturated rings. The van der Waals surface area contributed by atoms with Gasteiger partial charge in [0.1, 0.15) is 0 Å². The molecule has 1 N–H and O–H groups in total. The molecule has 78 valence electrons. The molecule has 0 bridgehead atoms. The standard InChI is InChI=1S/C8H9FN6/c9-8-5-7(1-2-11-8)10-3-4-15-13-6-12-14-15/h1-2,5-6H,3-4H2,(H,10,11). The SMILES string of the molecule is Fc1cc(NCCn2ncnn2)ccn1. The number of halogens is 1. The van der Waals surface area contributed by atoms with Gasteiger partial charge in [-0.25, -0.2) is 4.98 Å². The Balaban J connectivity index is 1.83. The number of anilines is 1. The number of rotatable bonds is 4. The molecule has 7 heteroatoms. The average molecular weight is 208 g/mol. The van der Waals surface area contributed by atoms with Crippen LogP contribution in [-0.2, 0) is 6.54 Å². The molecule has 0 unspecified atom stereocenters. The van der Waals surface area contributed by atoms with Crippen LogP contribution in [0.2, 0.25) is 0 Å². The zero-order chi connectivity index (χ0) is 10.5.